The van der Waals surface area contributed by atoms with Crippen LogP contribution in [0.25, 0.3) is 10.2 Å². The molecule has 0 aliphatic rings. The van der Waals surface area contributed by atoms with Crippen LogP contribution in [0.2, 0.25) is 5.02 Å². The van der Waals surface area contributed by atoms with Crippen LogP contribution < -0.4 is 5.32 Å². The molecule has 0 aliphatic heterocycles. The van der Waals surface area contributed by atoms with Crippen LogP contribution >= 0.6 is 22.9 Å². The third-order valence-electron chi connectivity index (χ3n) is 3.32. The number of amides is 1. The molecule has 2 heterocycles. The van der Waals surface area contributed by atoms with Crippen molar-refractivity contribution in [3.05, 3.63) is 39.6 Å². The smallest absolute Gasteiger partial charge is 0.275 e. The minimum absolute atomic E-state index is 0.256. The quantitative estimate of drug-likeness (QED) is 0.786. The Hall–Kier alpha value is -1.92. The number of anilines is 1. The van der Waals surface area contributed by atoms with E-state index >= 15 is 0 Å². The van der Waals surface area contributed by atoms with Crippen molar-refractivity contribution in [3.8, 4) is 0 Å². The molecule has 0 saturated heterocycles. The van der Waals surface area contributed by atoms with E-state index in [0.717, 1.165) is 20.9 Å². The molecule has 0 saturated carbocycles. The Kier molecular flexibility index (Phi) is 3.88. The summed E-state index contributed by atoms with van der Waals surface area (Å²) in [4.78, 5) is 16.9. The number of nitrogens with one attached hydrogen (secondary N) is 1. The molecular weight excluding hydrogens is 320 g/mol. The van der Waals surface area contributed by atoms with Crippen LogP contribution in [-0.4, -0.2) is 20.7 Å². The van der Waals surface area contributed by atoms with Crippen LogP contribution in [0.1, 0.15) is 28.1 Å². The molecule has 0 fully saturated rings. The Bertz CT molecular complexity index is 868. The average Bonchev–Trinajstić information content (AvgIpc) is 2.98. The monoisotopic (exact) mass is 334 g/mol. The van der Waals surface area contributed by atoms with E-state index < -0.39 is 0 Å². The number of aromatic nitrogens is 3. The molecule has 7 heteroatoms. The molecule has 0 radical (unpaired) electrons. The summed E-state index contributed by atoms with van der Waals surface area (Å²) in [7, 11) is 0. The molecule has 0 spiro atoms. The molecular formula is C15H15ClN4OS. The molecule has 0 bridgehead atoms. The standard InChI is InChI=1S/C15H15ClN4OS/c1-4-20-14(13(16)8(2)19-20)15(21)18-10-5-6-11-12(7-10)22-9(3)17-11/h5-7H,4H2,1-3H3,(H,18,21). The minimum atomic E-state index is -0.256. The van der Waals surface area contributed by atoms with Gasteiger partial charge >= 0.3 is 0 Å². The van der Waals surface area contributed by atoms with Gasteiger partial charge in [0.2, 0.25) is 0 Å². The number of hydrogen-bond acceptors (Lipinski definition) is 4. The molecule has 2 aromatic heterocycles. The summed E-state index contributed by atoms with van der Waals surface area (Å²) in [5, 5.41) is 8.54. The number of aryl methyl sites for hydroxylation is 3. The fraction of sp³-hybridized carbons (Fsp3) is 0.267. The van der Waals surface area contributed by atoms with Gasteiger partial charge in [-0.1, -0.05) is 11.6 Å². The second kappa shape index (κ2) is 5.70. The summed E-state index contributed by atoms with van der Waals surface area (Å²) >= 11 is 7.80. The lowest BCUT2D eigenvalue weighted by Gasteiger charge is -2.07. The Morgan fingerprint density at radius 2 is 2.18 bits per heavy atom. The first-order chi connectivity index (χ1) is 10.5. The number of rotatable bonds is 3. The summed E-state index contributed by atoms with van der Waals surface area (Å²) < 4.78 is 2.66. The summed E-state index contributed by atoms with van der Waals surface area (Å²) in [6, 6.07) is 5.66. The normalized spacial score (nSPS) is 11.1. The van der Waals surface area contributed by atoms with Gasteiger partial charge < -0.3 is 5.32 Å². The molecule has 1 aromatic carbocycles. The highest BCUT2D eigenvalue weighted by atomic mass is 35.5. The van der Waals surface area contributed by atoms with Crippen LogP contribution in [0.4, 0.5) is 5.69 Å². The van der Waals surface area contributed by atoms with Gasteiger partial charge in [0.1, 0.15) is 5.69 Å². The van der Waals surface area contributed by atoms with Crippen molar-refractivity contribution in [2.45, 2.75) is 27.3 Å². The van der Waals surface area contributed by atoms with Gasteiger partial charge in [-0.3, -0.25) is 9.48 Å². The molecule has 1 amide bonds. The van der Waals surface area contributed by atoms with Crippen molar-refractivity contribution in [2.24, 2.45) is 0 Å². The van der Waals surface area contributed by atoms with E-state index in [1.165, 1.54) is 0 Å². The number of carbonyl (C=O) groups is 1. The molecule has 0 atom stereocenters. The summed E-state index contributed by atoms with van der Waals surface area (Å²) in [5.74, 6) is -0.256. The maximum absolute atomic E-state index is 12.5. The maximum atomic E-state index is 12.5. The zero-order valence-electron chi connectivity index (χ0n) is 12.5. The molecule has 3 rings (SSSR count). The number of nitrogens with zero attached hydrogens (tertiary/aromatic N) is 3. The van der Waals surface area contributed by atoms with Gasteiger partial charge in [-0.15, -0.1) is 11.3 Å². The number of thiazole rings is 1. The van der Waals surface area contributed by atoms with Crippen LogP contribution in [-0.2, 0) is 6.54 Å². The first-order valence-electron chi connectivity index (χ1n) is 6.91. The number of fused-ring (bicyclic) bond motifs is 1. The average molecular weight is 335 g/mol. The highest BCUT2D eigenvalue weighted by molar-refractivity contribution is 7.18. The summed E-state index contributed by atoms with van der Waals surface area (Å²) in [6.07, 6.45) is 0. The van der Waals surface area contributed by atoms with Gasteiger partial charge in [0.05, 0.1) is 25.9 Å². The van der Waals surface area contributed by atoms with Gasteiger partial charge in [0.25, 0.3) is 5.91 Å². The fourth-order valence-electron chi connectivity index (χ4n) is 2.31. The van der Waals surface area contributed by atoms with Crippen molar-refractivity contribution in [3.63, 3.8) is 0 Å². The largest absolute Gasteiger partial charge is 0.321 e. The van der Waals surface area contributed by atoms with E-state index in [1.807, 2.05) is 32.0 Å². The molecule has 114 valence electrons. The van der Waals surface area contributed by atoms with Gasteiger partial charge in [0.15, 0.2) is 0 Å². The molecule has 1 N–H and O–H groups in total. The van der Waals surface area contributed by atoms with E-state index in [2.05, 4.69) is 15.4 Å². The first kappa shape index (κ1) is 15.0. The molecule has 3 aromatic rings. The van der Waals surface area contributed by atoms with E-state index in [-0.39, 0.29) is 5.91 Å². The predicted octanol–water partition coefficient (Wildman–Crippen LogP) is 4.04. The maximum Gasteiger partial charge on any atom is 0.275 e. The Morgan fingerprint density at radius 3 is 2.91 bits per heavy atom. The van der Waals surface area contributed by atoms with Gasteiger partial charge in [0, 0.05) is 12.2 Å². The third-order valence-corrected chi connectivity index (χ3v) is 4.71. The van der Waals surface area contributed by atoms with Crippen LogP contribution in [0, 0.1) is 13.8 Å². The zero-order valence-corrected chi connectivity index (χ0v) is 14.0. The van der Waals surface area contributed by atoms with E-state index in [4.69, 9.17) is 11.6 Å². The van der Waals surface area contributed by atoms with Gasteiger partial charge in [-0.05, 0) is 39.0 Å². The van der Waals surface area contributed by atoms with Crippen molar-refractivity contribution < 1.29 is 4.79 Å². The fourth-order valence-corrected chi connectivity index (χ4v) is 3.40. The van der Waals surface area contributed by atoms with Crippen molar-refractivity contribution in [1.29, 1.82) is 0 Å². The Labute approximate surface area is 136 Å². The van der Waals surface area contributed by atoms with Crippen molar-refractivity contribution in [2.75, 3.05) is 5.32 Å². The number of carbonyl (C=O) groups excluding carboxylic acids is 1. The SMILES string of the molecule is CCn1nc(C)c(Cl)c1C(=O)Nc1ccc2nc(C)sc2c1. The van der Waals surface area contributed by atoms with Crippen LogP contribution in [0.5, 0.6) is 0 Å². The van der Waals surface area contributed by atoms with E-state index in [9.17, 15) is 4.79 Å². The lowest BCUT2D eigenvalue weighted by molar-refractivity contribution is 0.101. The lowest BCUT2D eigenvalue weighted by Crippen LogP contribution is -2.17. The van der Waals surface area contributed by atoms with Crippen LogP contribution in [0.3, 0.4) is 0 Å². The molecule has 0 aliphatic carbocycles. The topological polar surface area (TPSA) is 59.8 Å². The van der Waals surface area contributed by atoms with Gasteiger partial charge in [-0.2, -0.15) is 5.10 Å². The number of hydrogen-bond donors (Lipinski definition) is 1. The predicted molar refractivity (Wildman–Crippen MR) is 90.0 cm³/mol. The summed E-state index contributed by atoms with van der Waals surface area (Å²) in [6.45, 7) is 6.26. The van der Waals surface area contributed by atoms with Crippen LogP contribution in [0.15, 0.2) is 18.2 Å². The summed E-state index contributed by atoms with van der Waals surface area (Å²) in [5.41, 5.74) is 2.70. The number of benzene rings is 1. The first-order valence-corrected chi connectivity index (χ1v) is 8.10. The van der Waals surface area contributed by atoms with E-state index in [0.29, 0.717) is 23.0 Å². The highest BCUT2D eigenvalue weighted by Crippen LogP contribution is 2.26. The second-order valence-electron chi connectivity index (χ2n) is 4.93. The van der Waals surface area contributed by atoms with E-state index in [1.54, 1.807) is 22.9 Å². The third kappa shape index (κ3) is 2.60. The number of halogens is 1. The van der Waals surface area contributed by atoms with Crippen molar-refractivity contribution in [1.82, 2.24) is 14.8 Å². The van der Waals surface area contributed by atoms with Gasteiger partial charge in [-0.25, -0.2) is 4.98 Å². The Balaban J connectivity index is 1.92. The minimum Gasteiger partial charge on any atom is -0.321 e. The second-order valence-corrected chi connectivity index (χ2v) is 6.55. The zero-order chi connectivity index (χ0) is 15.9. The lowest BCUT2D eigenvalue weighted by atomic mass is 10.2. The molecule has 0 unspecified atom stereocenters. The highest BCUT2D eigenvalue weighted by Gasteiger charge is 2.20. The van der Waals surface area contributed by atoms with Crippen molar-refractivity contribution >= 4 is 44.7 Å². The Morgan fingerprint density at radius 1 is 1.41 bits per heavy atom. The molecule has 5 nitrogen and oxygen atoms in total. The molecule has 22 heavy (non-hydrogen) atoms.